The molecule has 1 N–H and O–H groups in total. The summed E-state index contributed by atoms with van der Waals surface area (Å²) in [6.45, 7) is 6.13. The molecule has 19 heavy (non-hydrogen) atoms. The van der Waals surface area contributed by atoms with Crippen molar-refractivity contribution in [1.82, 2.24) is 4.90 Å². The highest BCUT2D eigenvalue weighted by Crippen LogP contribution is 2.24. The predicted octanol–water partition coefficient (Wildman–Crippen LogP) is 2.53. The Bertz CT molecular complexity index is 390. The fourth-order valence-corrected chi connectivity index (χ4v) is 2.77. The van der Waals surface area contributed by atoms with Crippen LogP contribution in [-0.2, 0) is 4.74 Å². The zero-order valence-corrected chi connectivity index (χ0v) is 12.2. The lowest BCUT2D eigenvalue weighted by atomic mass is 9.98. The molecule has 0 amide bonds. The van der Waals surface area contributed by atoms with Crippen LogP contribution in [0.1, 0.15) is 37.0 Å². The summed E-state index contributed by atoms with van der Waals surface area (Å²) in [5.41, 5.74) is 2.22. The normalized spacial score (nSPS) is 24.1. The first-order chi connectivity index (χ1) is 9.11. The van der Waals surface area contributed by atoms with Crippen LogP contribution >= 0.6 is 0 Å². The Kier molecular flexibility index (Phi) is 4.97. The minimum Gasteiger partial charge on any atom is -0.387 e. The molecule has 106 valence electrons. The summed E-state index contributed by atoms with van der Waals surface area (Å²) >= 11 is 0. The van der Waals surface area contributed by atoms with Gasteiger partial charge < -0.3 is 9.84 Å². The van der Waals surface area contributed by atoms with Crippen LogP contribution in [0.25, 0.3) is 0 Å². The maximum atomic E-state index is 10.5. The molecule has 3 heteroatoms. The summed E-state index contributed by atoms with van der Waals surface area (Å²) in [6.07, 6.45) is 2.14. The Labute approximate surface area is 116 Å². The second-order valence-electron chi connectivity index (χ2n) is 5.59. The topological polar surface area (TPSA) is 32.7 Å². The Morgan fingerprint density at radius 1 is 1.32 bits per heavy atom. The van der Waals surface area contributed by atoms with Crippen molar-refractivity contribution in [2.75, 3.05) is 20.2 Å². The highest BCUT2D eigenvalue weighted by Gasteiger charge is 2.28. The molecule has 3 unspecified atom stereocenters. The molecule has 1 aliphatic rings. The first-order valence-corrected chi connectivity index (χ1v) is 7.13. The summed E-state index contributed by atoms with van der Waals surface area (Å²) in [5.74, 6) is 0. The van der Waals surface area contributed by atoms with Crippen LogP contribution in [0.2, 0.25) is 0 Å². The third-order valence-corrected chi connectivity index (χ3v) is 4.19. The number of aliphatic hydroxyl groups excluding tert-OH is 1. The van der Waals surface area contributed by atoms with E-state index >= 15 is 0 Å². The summed E-state index contributed by atoms with van der Waals surface area (Å²) in [7, 11) is 1.77. The van der Waals surface area contributed by atoms with E-state index in [0.29, 0.717) is 6.10 Å². The zero-order valence-electron chi connectivity index (χ0n) is 12.2. The first-order valence-electron chi connectivity index (χ1n) is 7.13. The molecule has 1 fully saturated rings. The van der Waals surface area contributed by atoms with Crippen LogP contribution in [-0.4, -0.2) is 42.4 Å². The van der Waals surface area contributed by atoms with Crippen molar-refractivity contribution in [3.8, 4) is 0 Å². The highest BCUT2D eigenvalue weighted by atomic mass is 16.5. The smallest absolute Gasteiger partial charge is 0.0942 e. The van der Waals surface area contributed by atoms with E-state index in [9.17, 15) is 5.11 Å². The number of hydrogen-bond donors (Lipinski definition) is 1. The monoisotopic (exact) mass is 263 g/mol. The molecule has 0 spiro atoms. The molecule has 0 bridgehead atoms. The van der Waals surface area contributed by atoms with Crippen LogP contribution in [0.3, 0.4) is 0 Å². The number of benzene rings is 1. The van der Waals surface area contributed by atoms with Crippen LogP contribution in [0, 0.1) is 6.92 Å². The second-order valence-corrected chi connectivity index (χ2v) is 5.59. The minimum atomic E-state index is -0.434. The third kappa shape index (κ3) is 3.56. The van der Waals surface area contributed by atoms with Gasteiger partial charge in [0.15, 0.2) is 0 Å². The molecule has 2 rings (SSSR count). The van der Waals surface area contributed by atoms with E-state index in [4.69, 9.17) is 4.74 Å². The van der Waals surface area contributed by atoms with Gasteiger partial charge in [0.1, 0.15) is 0 Å². The molecular formula is C16H25NO2. The Hall–Kier alpha value is -0.900. The number of methoxy groups -OCH3 is 1. The largest absolute Gasteiger partial charge is 0.387 e. The Balaban J connectivity index is 2.01. The van der Waals surface area contributed by atoms with Crippen molar-refractivity contribution < 1.29 is 9.84 Å². The summed E-state index contributed by atoms with van der Waals surface area (Å²) in [6, 6.07) is 8.28. The quantitative estimate of drug-likeness (QED) is 0.906. The fraction of sp³-hybridized carbons (Fsp3) is 0.625. The molecule has 1 aliphatic heterocycles. The van der Waals surface area contributed by atoms with Crippen molar-refractivity contribution in [1.29, 1.82) is 0 Å². The van der Waals surface area contributed by atoms with E-state index in [-0.39, 0.29) is 6.04 Å². The second kappa shape index (κ2) is 6.51. The number of aliphatic hydroxyl groups is 1. The standard InChI is InChI=1S/C16H25NO2/c1-12-6-8-14(9-7-12)16(18)13(2)17-10-4-5-15(11-17)19-3/h6-9,13,15-16,18H,4-5,10-11H2,1-3H3. The van der Waals surface area contributed by atoms with E-state index in [1.54, 1.807) is 7.11 Å². The summed E-state index contributed by atoms with van der Waals surface area (Å²) in [4.78, 5) is 2.34. The maximum Gasteiger partial charge on any atom is 0.0942 e. The predicted molar refractivity (Wildman–Crippen MR) is 77.2 cm³/mol. The molecule has 1 heterocycles. The molecule has 0 radical (unpaired) electrons. The van der Waals surface area contributed by atoms with Crippen LogP contribution in [0.4, 0.5) is 0 Å². The van der Waals surface area contributed by atoms with Gasteiger partial charge in [-0.3, -0.25) is 4.90 Å². The minimum absolute atomic E-state index is 0.126. The first kappa shape index (κ1) is 14.5. The van der Waals surface area contributed by atoms with Gasteiger partial charge in [0.25, 0.3) is 0 Å². The number of aryl methyl sites for hydroxylation is 1. The third-order valence-electron chi connectivity index (χ3n) is 4.19. The van der Waals surface area contributed by atoms with Gasteiger partial charge in [0.2, 0.25) is 0 Å². The number of likely N-dealkylation sites (tertiary alicyclic amines) is 1. The molecule has 3 nitrogen and oxygen atoms in total. The van der Waals surface area contributed by atoms with Crippen molar-refractivity contribution >= 4 is 0 Å². The molecule has 3 atom stereocenters. The molecule has 0 saturated carbocycles. The van der Waals surface area contributed by atoms with E-state index in [1.807, 2.05) is 12.1 Å². The van der Waals surface area contributed by atoms with Gasteiger partial charge in [0.05, 0.1) is 12.2 Å². The van der Waals surface area contributed by atoms with Crippen molar-refractivity contribution in [2.45, 2.75) is 44.9 Å². The van der Waals surface area contributed by atoms with Crippen molar-refractivity contribution in [3.63, 3.8) is 0 Å². The van der Waals surface area contributed by atoms with Crippen LogP contribution < -0.4 is 0 Å². The zero-order chi connectivity index (χ0) is 13.8. The van der Waals surface area contributed by atoms with Gasteiger partial charge in [-0.05, 0) is 38.8 Å². The van der Waals surface area contributed by atoms with Crippen molar-refractivity contribution in [3.05, 3.63) is 35.4 Å². The van der Waals surface area contributed by atoms with E-state index in [2.05, 4.69) is 30.9 Å². The summed E-state index contributed by atoms with van der Waals surface area (Å²) < 4.78 is 5.45. The Morgan fingerprint density at radius 3 is 2.63 bits per heavy atom. The molecule has 0 aliphatic carbocycles. The SMILES string of the molecule is COC1CCCN(C(C)C(O)c2ccc(C)cc2)C1. The van der Waals surface area contributed by atoms with Gasteiger partial charge in [0, 0.05) is 19.7 Å². The lowest BCUT2D eigenvalue weighted by molar-refractivity contribution is -0.0147. The lowest BCUT2D eigenvalue weighted by Gasteiger charge is -2.38. The number of nitrogens with zero attached hydrogens (tertiary/aromatic N) is 1. The number of rotatable bonds is 4. The van der Waals surface area contributed by atoms with Crippen LogP contribution in [0.15, 0.2) is 24.3 Å². The Morgan fingerprint density at radius 2 is 2.00 bits per heavy atom. The van der Waals surface area contributed by atoms with Gasteiger partial charge in [-0.1, -0.05) is 29.8 Å². The number of piperidine rings is 1. The molecular weight excluding hydrogens is 238 g/mol. The molecule has 1 aromatic carbocycles. The number of ether oxygens (including phenoxy) is 1. The van der Waals surface area contributed by atoms with E-state index < -0.39 is 6.10 Å². The lowest BCUT2D eigenvalue weighted by Crippen LogP contribution is -2.46. The van der Waals surface area contributed by atoms with E-state index in [1.165, 1.54) is 5.56 Å². The maximum absolute atomic E-state index is 10.5. The van der Waals surface area contributed by atoms with Crippen LogP contribution in [0.5, 0.6) is 0 Å². The van der Waals surface area contributed by atoms with E-state index in [0.717, 1.165) is 31.5 Å². The van der Waals surface area contributed by atoms with Gasteiger partial charge in [-0.15, -0.1) is 0 Å². The molecule has 1 aromatic rings. The van der Waals surface area contributed by atoms with Gasteiger partial charge in [-0.2, -0.15) is 0 Å². The average molecular weight is 263 g/mol. The molecule has 0 aromatic heterocycles. The molecule has 1 saturated heterocycles. The summed E-state index contributed by atoms with van der Waals surface area (Å²) in [5, 5.41) is 10.5. The van der Waals surface area contributed by atoms with Gasteiger partial charge in [-0.25, -0.2) is 0 Å². The fourth-order valence-electron chi connectivity index (χ4n) is 2.77. The number of hydrogen-bond acceptors (Lipinski definition) is 3. The highest BCUT2D eigenvalue weighted by molar-refractivity contribution is 5.24. The average Bonchev–Trinajstić information content (AvgIpc) is 2.46. The van der Waals surface area contributed by atoms with Crippen molar-refractivity contribution in [2.24, 2.45) is 0 Å². The van der Waals surface area contributed by atoms with Gasteiger partial charge >= 0.3 is 0 Å².